The molecule has 2 rings (SSSR count). The third-order valence-corrected chi connectivity index (χ3v) is 2.58. The molecule has 0 heterocycles. The first kappa shape index (κ1) is 10.8. The van der Waals surface area contributed by atoms with E-state index in [1.54, 1.807) is 6.08 Å². The third kappa shape index (κ3) is 2.27. The lowest BCUT2D eigenvalue weighted by molar-refractivity contribution is 0.238. The van der Waals surface area contributed by atoms with Crippen LogP contribution >= 0.6 is 12.2 Å². The first-order valence-electron chi connectivity index (χ1n) is 4.91. The van der Waals surface area contributed by atoms with E-state index in [4.69, 9.17) is 17.4 Å². The molecule has 0 amide bonds. The van der Waals surface area contributed by atoms with Crippen LogP contribution in [0.5, 0.6) is 0 Å². The van der Waals surface area contributed by atoms with Crippen LogP contribution in [0.2, 0.25) is 0 Å². The van der Waals surface area contributed by atoms with Gasteiger partial charge in [-0.15, -0.1) is 0 Å². The highest BCUT2D eigenvalue weighted by Crippen LogP contribution is 2.19. The van der Waals surface area contributed by atoms with Crippen LogP contribution in [-0.2, 0) is 0 Å². The Bertz CT molecular complexity index is 543. The largest absolute Gasteiger partial charge is 0.290 e. The van der Waals surface area contributed by atoms with Gasteiger partial charge in [-0.1, -0.05) is 60.8 Å². The average Bonchev–Trinajstić information content (AvgIpc) is 2.35. The van der Waals surface area contributed by atoms with Gasteiger partial charge in [0.05, 0.1) is 0 Å². The Morgan fingerprint density at radius 2 is 1.88 bits per heavy atom. The molecule has 16 heavy (non-hydrogen) atoms. The molecule has 0 aliphatic heterocycles. The molecule has 0 saturated carbocycles. The molecule has 0 fully saturated rings. The van der Waals surface area contributed by atoms with E-state index in [2.05, 4.69) is 18.2 Å². The quantitative estimate of drug-likeness (QED) is 0.471. The van der Waals surface area contributed by atoms with Crippen LogP contribution in [0.15, 0.2) is 48.5 Å². The summed E-state index contributed by atoms with van der Waals surface area (Å²) in [5.41, 5.74) is 3.01. The number of nitrogens with one attached hydrogen (secondary N) is 1. The second-order valence-corrected chi connectivity index (χ2v) is 3.82. The van der Waals surface area contributed by atoms with Gasteiger partial charge in [-0.2, -0.15) is 0 Å². The topological polar surface area (TPSA) is 32.3 Å². The first-order chi connectivity index (χ1) is 7.81. The first-order valence-corrected chi connectivity index (χ1v) is 5.32. The van der Waals surface area contributed by atoms with E-state index in [0.717, 1.165) is 5.56 Å². The van der Waals surface area contributed by atoms with E-state index in [0.29, 0.717) is 4.99 Å². The summed E-state index contributed by atoms with van der Waals surface area (Å²) in [6, 6.07) is 14.2. The molecule has 0 aliphatic carbocycles. The summed E-state index contributed by atoms with van der Waals surface area (Å²) in [4.78, 5) is 0.299. The van der Waals surface area contributed by atoms with Crippen molar-refractivity contribution in [3.8, 4) is 0 Å². The lowest BCUT2D eigenvalue weighted by Crippen LogP contribution is -2.12. The van der Waals surface area contributed by atoms with Crippen LogP contribution in [0.1, 0.15) is 5.56 Å². The zero-order valence-electron chi connectivity index (χ0n) is 8.55. The zero-order chi connectivity index (χ0) is 11.4. The number of benzene rings is 2. The molecule has 0 spiro atoms. The highest BCUT2D eigenvalue weighted by molar-refractivity contribution is 7.80. The molecule has 80 valence electrons. The lowest BCUT2D eigenvalue weighted by Gasteiger charge is -2.01. The summed E-state index contributed by atoms with van der Waals surface area (Å²) >= 11 is 4.83. The predicted octanol–water partition coefficient (Wildman–Crippen LogP) is 3.16. The summed E-state index contributed by atoms with van der Waals surface area (Å²) in [7, 11) is 0. The van der Waals surface area contributed by atoms with Gasteiger partial charge in [-0.25, -0.2) is 0 Å². The van der Waals surface area contributed by atoms with E-state index in [-0.39, 0.29) is 0 Å². The number of hydrogen-bond donors (Lipinski definition) is 2. The summed E-state index contributed by atoms with van der Waals surface area (Å²) in [5.74, 6) is 0. The standard InChI is InChI=1S/C13H11NOS/c15-14-13(16)9-8-11-6-3-5-10-4-1-2-7-12(10)11/h1-9,15H,(H,14,16)/b9-8+. The minimum atomic E-state index is 0.299. The molecule has 0 aromatic heterocycles. The van der Waals surface area contributed by atoms with Crippen molar-refractivity contribution in [3.05, 3.63) is 54.1 Å². The molecule has 0 saturated heterocycles. The van der Waals surface area contributed by atoms with E-state index >= 15 is 0 Å². The minimum Gasteiger partial charge on any atom is -0.290 e. The molecule has 2 aromatic carbocycles. The Balaban J connectivity index is 2.45. The van der Waals surface area contributed by atoms with Gasteiger partial charge in [0.1, 0.15) is 4.99 Å². The number of fused-ring (bicyclic) bond motifs is 1. The van der Waals surface area contributed by atoms with Crippen molar-refractivity contribution < 1.29 is 5.21 Å². The molecule has 0 bridgehead atoms. The number of thiocarbonyl (C=S) groups is 1. The predicted molar refractivity (Wildman–Crippen MR) is 70.5 cm³/mol. The maximum atomic E-state index is 8.58. The van der Waals surface area contributed by atoms with Crippen molar-refractivity contribution in [2.75, 3.05) is 0 Å². The summed E-state index contributed by atoms with van der Waals surface area (Å²) in [5, 5.41) is 10.9. The molecule has 2 N–H and O–H groups in total. The summed E-state index contributed by atoms with van der Waals surface area (Å²) in [6.07, 6.45) is 3.55. The van der Waals surface area contributed by atoms with E-state index in [9.17, 15) is 0 Å². The fourth-order valence-electron chi connectivity index (χ4n) is 1.60. The molecule has 2 aromatic rings. The molecule has 0 radical (unpaired) electrons. The fourth-order valence-corrected chi connectivity index (χ4v) is 1.67. The Morgan fingerprint density at radius 1 is 1.12 bits per heavy atom. The van der Waals surface area contributed by atoms with Crippen LogP contribution in [0.3, 0.4) is 0 Å². The molecule has 0 unspecified atom stereocenters. The summed E-state index contributed by atoms with van der Waals surface area (Å²) < 4.78 is 0. The van der Waals surface area contributed by atoms with Gasteiger partial charge in [0, 0.05) is 0 Å². The van der Waals surface area contributed by atoms with Gasteiger partial charge >= 0.3 is 0 Å². The average molecular weight is 229 g/mol. The Kier molecular flexibility index (Phi) is 3.29. The highest BCUT2D eigenvalue weighted by Gasteiger charge is 1.96. The van der Waals surface area contributed by atoms with Crippen molar-refractivity contribution in [1.82, 2.24) is 5.48 Å². The third-order valence-electron chi connectivity index (χ3n) is 2.35. The molecule has 0 atom stereocenters. The zero-order valence-corrected chi connectivity index (χ0v) is 9.37. The Hall–Kier alpha value is -1.71. The fraction of sp³-hybridized carbons (Fsp3) is 0. The SMILES string of the molecule is ONC(=S)/C=C/c1cccc2ccccc12. The van der Waals surface area contributed by atoms with Crippen molar-refractivity contribution in [2.24, 2.45) is 0 Å². The van der Waals surface area contributed by atoms with E-state index < -0.39 is 0 Å². The maximum Gasteiger partial charge on any atom is 0.123 e. The molecule has 3 heteroatoms. The van der Waals surface area contributed by atoms with Gasteiger partial charge in [0.25, 0.3) is 0 Å². The van der Waals surface area contributed by atoms with Gasteiger partial charge < -0.3 is 0 Å². The Morgan fingerprint density at radius 3 is 2.69 bits per heavy atom. The van der Waals surface area contributed by atoms with Crippen molar-refractivity contribution in [3.63, 3.8) is 0 Å². The molecular formula is C13H11NOS. The van der Waals surface area contributed by atoms with E-state index in [1.807, 2.05) is 35.8 Å². The van der Waals surface area contributed by atoms with Crippen molar-refractivity contribution in [2.45, 2.75) is 0 Å². The normalized spacial score (nSPS) is 10.8. The van der Waals surface area contributed by atoms with E-state index in [1.165, 1.54) is 10.8 Å². The van der Waals surface area contributed by atoms with Gasteiger partial charge in [-0.05, 0) is 22.4 Å². The minimum absolute atomic E-state index is 0.299. The number of hydroxylamine groups is 1. The monoisotopic (exact) mass is 229 g/mol. The van der Waals surface area contributed by atoms with Crippen molar-refractivity contribution in [1.29, 1.82) is 0 Å². The number of rotatable bonds is 2. The van der Waals surface area contributed by atoms with Gasteiger partial charge in [-0.3, -0.25) is 10.7 Å². The van der Waals surface area contributed by atoms with Crippen LogP contribution in [0, 0.1) is 0 Å². The molecular weight excluding hydrogens is 218 g/mol. The highest BCUT2D eigenvalue weighted by atomic mass is 32.1. The second-order valence-electron chi connectivity index (χ2n) is 3.38. The summed E-state index contributed by atoms with van der Waals surface area (Å²) in [6.45, 7) is 0. The van der Waals surface area contributed by atoms with Gasteiger partial charge in [0.15, 0.2) is 0 Å². The smallest absolute Gasteiger partial charge is 0.123 e. The second kappa shape index (κ2) is 4.88. The van der Waals surface area contributed by atoms with Crippen LogP contribution in [0.4, 0.5) is 0 Å². The van der Waals surface area contributed by atoms with Crippen LogP contribution in [0.25, 0.3) is 16.8 Å². The van der Waals surface area contributed by atoms with Crippen molar-refractivity contribution >= 4 is 34.1 Å². The maximum absolute atomic E-state index is 8.58. The molecule has 2 nitrogen and oxygen atoms in total. The Labute approximate surface area is 99.2 Å². The van der Waals surface area contributed by atoms with Gasteiger partial charge in [0.2, 0.25) is 0 Å². The lowest BCUT2D eigenvalue weighted by atomic mass is 10.0. The number of hydrogen-bond acceptors (Lipinski definition) is 2. The molecule has 0 aliphatic rings. The van der Waals surface area contributed by atoms with Crippen LogP contribution < -0.4 is 5.48 Å². The van der Waals surface area contributed by atoms with Crippen LogP contribution in [-0.4, -0.2) is 10.2 Å².